The molecule has 1 fully saturated rings. The zero-order valence-electron chi connectivity index (χ0n) is 23.5. The second kappa shape index (κ2) is 11.4. The van der Waals surface area contributed by atoms with Gasteiger partial charge < -0.3 is 14.2 Å². The molecule has 3 aliphatic rings. The highest BCUT2D eigenvalue weighted by Crippen LogP contribution is 2.49. The Bertz CT molecular complexity index is 1290. The van der Waals surface area contributed by atoms with E-state index in [1.54, 1.807) is 7.11 Å². The summed E-state index contributed by atoms with van der Waals surface area (Å²) in [7, 11) is 1.61. The molecule has 2 aromatic carbocycles. The molecule has 2 aromatic rings. The number of nitrogens with zero attached hydrogens (tertiary/aromatic N) is 1. The van der Waals surface area contributed by atoms with Crippen molar-refractivity contribution in [3.8, 4) is 11.5 Å². The summed E-state index contributed by atoms with van der Waals surface area (Å²) in [6.07, 6.45) is 6.16. The maximum Gasteiger partial charge on any atom is 0.315 e. The van der Waals surface area contributed by atoms with Crippen LogP contribution < -0.4 is 9.47 Å². The van der Waals surface area contributed by atoms with E-state index in [0.29, 0.717) is 42.2 Å². The monoisotopic (exact) mass is 529 g/mol. The zero-order valence-corrected chi connectivity index (χ0v) is 23.5. The quantitative estimate of drug-likeness (QED) is 0.362. The van der Waals surface area contributed by atoms with Crippen molar-refractivity contribution in [1.29, 1.82) is 0 Å². The summed E-state index contributed by atoms with van der Waals surface area (Å²) < 4.78 is 17.9. The van der Waals surface area contributed by atoms with Crippen LogP contribution in [0.1, 0.15) is 82.8 Å². The van der Waals surface area contributed by atoms with E-state index < -0.39 is 11.8 Å². The van der Waals surface area contributed by atoms with Gasteiger partial charge in [0.15, 0.2) is 17.3 Å². The first-order valence-corrected chi connectivity index (χ1v) is 14.1. The lowest BCUT2D eigenvalue weighted by Crippen LogP contribution is -2.40. The number of hydrogen-bond donors (Lipinski definition) is 0. The molecular weight excluding hydrogens is 490 g/mol. The smallest absolute Gasteiger partial charge is 0.315 e. The number of hydrogen-bond acceptors (Lipinski definition) is 6. The summed E-state index contributed by atoms with van der Waals surface area (Å²) in [5, 5.41) is 0. The van der Waals surface area contributed by atoms with Gasteiger partial charge in [0.2, 0.25) is 0 Å². The SMILES string of the molecule is COc1cc([C@H]2C3=C(CC(C)(C)CC3=O)N=C(C)C2C(=O)OC2CCCCC2)ccc1OCc1ccccc1. The first kappa shape index (κ1) is 27.2. The lowest BCUT2D eigenvalue weighted by Gasteiger charge is -2.39. The number of carbonyl (C=O) groups excluding carboxylic acids is 2. The van der Waals surface area contributed by atoms with Gasteiger partial charge in [-0.05, 0) is 67.7 Å². The maximum atomic E-state index is 13.8. The molecule has 0 radical (unpaired) electrons. The molecule has 39 heavy (non-hydrogen) atoms. The van der Waals surface area contributed by atoms with Crippen molar-refractivity contribution >= 4 is 17.5 Å². The lowest BCUT2D eigenvalue weighted by molar-refractivity contribution is -0.153. The third-order valence-electron chi connectivity index (χ3n) is 8.18. The van der Waals surface area contributed by atoms with Crippen LogP contribution in [0.4, 0.5) is 0 Å². The molecule has 6 nitrogen and oxygen atoms in total. The molecule has 0 saturated heterocycles. The van der Waals surface area contributed by atoms with E-state index in [1.165, 1.54) is 6.42 Å². The Labute approximate surface area is 231 Å². The number of ether oxygens (including phenoxy) is 3. The molecule has 1 unspecified atom stereocenters. The first-order chi connectivity index (χ1) is 18.8. The minimum Gasteiger partial charge on any atom is -0.493 e. The highest BCUT2D eigenvalue weighted by Gasteiger charge is 2.46. The van der Waals surface area contributed by atoms with E-state index in [1.807, 2.05) is 55.5 Å². The fourth-order valence-electron chi connectivity index (χ4n) is 6.26. The van der Waals surface area contributed by atoms with Crippen LogP contribution in [-0.2, 0) is 20.9 Å². The van der Waals surface area contributed by atoms with Gasteiger partial charge in [-0.1, -0.05) is 56.7 Å². The second-order valence-corrected chi connectivity index (χ2v) is 11.9. The van der Waals surface area contributed by atoms with Crippen LogP contribution in [0.3, 0.4) is 0 Å². The summed E-state index contributed by atoms with van der Waals surface area (Å²) in [5.41, 5.74) is 3.85. The fraction of sp³-hybridized carbons (Fsp3) is 0.485. The van der Waals surface area contributed by atoms with Crippen molar-refractivity contribution in [3.05, 3.63) is 70.9 Å². The van der Waals surface area contributed by atoms with Crippen molar-refractivity contribution in [1.82, 2.24) is 0 Å². The molecule has 5 rings (SSSR count). The Hall–Kier alpha value is -3.41. The number of benzene rings is 2. The van der Waals surface area contributed by atoms with Gasteiger partial charge in [-0.3, -0.25) is 14.6 Å². The van der Waals surface area contributed by atoms with E-state index in [9.17, 15) is 9.59 Å². The fourth-order valence-corrected chi connectivity index (χ4v) is 6.26. The topological polar surface area (TPSA) is 74.2 Å². The van der Waals surface area contributed by atoms with E-state index >= 15 is 0 Å². The number of allylic oxidation sites excluding steroid dienone is 2. The van der Waals surface area contributed by atoms with E-state index in [0.717, 1.165) is 42.5 Å². The van der Waals surface area contributed by atoms with E-state index in [2.05, 4.69) is 13.8 Å². The number of methoxy groups -OCH3 is 1. The van der Waals surface area contributed by atoms with Crippen LogP contribution in [-0.4, -0.2) is 30.7 Å². The molecule has 0 amide bonds. The average Bonchev–Trinajstić information content (AvgIpc) is 2.91. The lowest BCUT2D eigenvalue weighted by atomic mass is 9.67. The minimum atomic E-state index is -0.656. The molecule has 0 bridgehead atoms. The number of ketones is 1. The predicted molar refractivity (Wildman–Crippen MR) is 151 cm³/mol. The minimum absolute atomic E-state index is 0.0568. The molecule has 1 aliphatic heterocycles. The Kier molecular flexibility index (Phi) is 7.92. The summed E-state index contributed by atoms with van der Waals surface area (Å²) in [5.74, 6) is -0.195. The average molecular weight is 530 g/mol. The highest BCUT2D eigenvalue weighted by atomic mass is 16.5. The summed E-state index contributed by atoms with van der Waals surface area (Å²) in [6.45, 7) is 6.49. The van der Waals surface area contributed by atoms with Gasteiger partial charge in [0, 0.05) is 29.3 Å². The third kappa shape index (κ3) is 5.95. The van der Waals surface area contributed by atoms with Crippen molar-refractivity contribution in [2.45, 2.75) is 84.3 Å². The Morgan fingerprint density at radius 1 is 1.00 bits per heavy atom. The molecule has 2 atom stereocenters. The van der Waals surface area contributed by atoms with Crippen molar-refractivity contribution in [3.63, 3.8) is 0 Å². The molecule has 6 heteroatoms. The number of Topliss-reactive ketones (excluding diaryl/α,β-unsaturated/α-hetero) is 1. The molecular formula is C33H39NO5. The van der Waals surface area contributed by atoms with Gasteiger partial charge >= 0.3 is 5.97 Å². The first-order valence-electron chi connectivity index (χ1n) is 14.1. The van der Waals surface area contributed by atoms with Crippen molar-refractivity contribution in [2.24, 2.45) is 16.3 Å². The largest absolute Gasteiger partial charge is 0.493 e. The van der Waals surface area contributed by atoms with Crippen LogP contribution in [0.15, 0.2) is 64.8 Å². The maximum absolute atomic E-state index is 13.8. The molecule has 1 saturated carbocycles. The third-order valence-corrected chi connectivity index (χ3v) is 8.18. The molecule has 0 N–H and O–H groups in total. The van der Waals surface area contributed by atoms with Crippen LogP contribution in [0.5, 0.6) is 11.5 Å². The number of rotatable bonds is 7. The number of carbonyl (C=O) groups is 2. The highest BCUT2D eigenvalue weighted by molar-refractivity contribution is 6.09. The van der Waals surface area contributed by atoms with Gasteiger partial charge in [-0.25, -0.2) is 0 Å². The van der Waals surface area contributed by atoms with E-state index in [4.69, 9.17) is 19.2 Å². The van der Waals surface area contributed by atoms with Gasteiger partial charge in [0.25, 0.3) is 0 Å². The van der Waals surface area contributed by atoms with Gasteiger partial charge in [0.1, 0.15) is 18.6 Å². The van der Waals surface area contributed by atoms with Crippen molar-refractivity contribution < 1.29 is 23.8 Å². The van der Waals surface area contributed by atoms with Crippen LogP contribution in [0.25, 0.3) is 0 Å². The van der Waals surface area contributed by atoms with E-state index in [-0.39, 0.29) is 23.3 Å². The summed E-state index contributed by atoms with van der Waals surface area (Å²) in [4.78, 5) is 32.3. The molecule has 2 aliphatic carbocycles. The summed E-state index contributed by atoms with van der Waals surface area (Å²) in [6, 6.07) is 15.7. The molecule has 1 heterocycles. The molecule has 0 aromatic heterocycles. The van der Waals surface area contributed by atoms with Gasteiger partial charge in [0.05, 0.1) is 7.11 Å². The van der Waals surface area contributed by atoms with Gasteiger partial charge in [-0.15, -0.1) is 0 Å². The number of aliphatic imine (C=N–C) groups is 1. The number of esters is 1. The standard InChI is InChI=1S/C33H39NO5/c1-21-29(32(36)39-24-13-9-6-10-14-24)30(31-25(34-21)18-33(2,3)19-26(31)35)23-15-16-27(28(17-23)37-4)38-20-22-11-7-5-8-12-22/h5,7-8,11-12,15-17,24,29-30H,6,9-10,13-14,18-20H2,1-4H3/t29?,30-/m1/s1. The summed E-state index contributed by atoms with van der Waals surface area (Å²) >= 11 is 0. The van der Waals surface area contributed by atoms with Crippen LogP contribution >= 0.6 is 0 Å². The van der Waals surface area contributed by atoms with Crippen LogP contribution in [0, 0.1) is 11.3 Å². The van der Waals surface area contributed by atoms with Crippen LogP contribution in [0.2, 0.25) is 0 Å². The Morgan fingerprint density at radius 3 is 2.46 bits per heavy atom. The Balaban J connectivity index is 1.51. The predicted octanol–water partition coefficient (Wildman–Crippen LogP) is 6.97. The van der Waals surface area contributed by atoms with Crippen molar-refractivity contribution in [2.75, 3.05) is 7.11 Å². The molecule has 206 valence electrons. The molecule has 0 spiro atoms. The Morgan fingerprint density at radius 2 is 1.74 bits per heavy atom. The second-order valence-electron chi connectivity index (χ2n) is 11.9. The zero-order chi connectivity index (χ0) is 27.6. The van der Waals surface area contributed by atoms with Gasteiger partial charge in [-0.2, -0.15) is 0 Å². The normalized spacial score (nSPS) is 23.1.